The quantitative estimate of drug-likeness (QED) is 0.831. The zero-order valence-corrected chi connectivity index (χ0v) is 11.5. The fourth-order valence-corrected chi connectivity index (χ4v) is 3.41. The molecule has 4 nitrogen and oxygen atoms in total. The SMILES string of the molecule is CN1C2CCCC1CC(NCC(C(=O)O)C(F)(F)F)C2. The molecule has 3 unspecified atom stereocenters. The number of carboxylic acid groups (broad SMARTS) is 1. The molecule has 2 fully saturated rings. The first kappa shape index (κ1) is 15.6. The van der Waals surface area contributed by atoms with E-state index in [0.29, 0.717) is 12.1 Å². The minimum absolute atomic E-state index is 0.00861. The first-order chi connectivity index (χ1) is 9.29. The van der Waals surface area contributed by atoms with Crippen LogP contribution in [-0.4, -0.2) is 53.9 Å². The van der Waals surface area contributed by atoms with Crippen LogP contribution in [0, 0.1) is 5.92 Å². The molecule has 2 aliphatic heterocycles. The van der Waals surface area contributed by atoms with Crippen molar-refractivity contribution >= 4 is 5.97 Å². The highest BCUT2D eigenvalue weighted by Crippen LogP contribution is 2.33. The van der Waals surface area contributed by atoms with Crippen molar-refractivity contribution in [2.24, 2.45) is 5.92 Å². The van der Waals surface area contributed by atoms with Crippen molar-refractivity contribution in [2.75, 3.05) is 13.6 Å². The molecule has 7 heteroatoms. The highest BCUT2D eigenvalue weighted by molar-refractivity contribution is 5.71. The molecule has 0 spiro atoms. The molecule has 116 valence electrons. The Bertz CT molecular complexity index is 348. The number of piperidine rings is 2. The summed E-state index contributed by atoms with van der Waals surface area (Å²) in [5.41, 5.74) is 0. The fourth-order valence-electron chi connectivity index (χ4n) is 3.41. The van der Waals surface area contributed by atoms with Gasteiger partial charge in [0.2, 0.25) is 0 Å². The van der Waals surface area contributed by atoms with Gasteiger partial charge in [0.05, 0.1) is 0 Å². The smallest absolute Gasteiger partial charge is 0.403 e. The molecule has 0 saturated carbocycles. The number of nitrogens with zero attached hydrogens (tertiary/aromatic N) is 1. The summed E-state index contributed by atoms with van der Waals surface area (Å²) >= 11 is 0. The van der Waals surface area contributed by atoms with Crippen LogP contribution in [0.5, 0.6) is 0 Å². The molecule has 0 amide bonds. The molecule has 2 saturated heterocycles. The number of fused-ring (bicyclic) bond motifs is 2. The van der Waals surface area contributed by atoms with Crippen LogP contribution in [0.2, 0.25) is 0 Å². The maximum atomic E-state index is 12.6. The lowest BCUT2D eigenvalue weighted by Crippen LogP contribution is -2.55. The van der Waals surface area contributed by atoms with Gasteiger partial charge in [0.1, 0.15) is 0 Å². The number of carbonyl (C=O) groups is 1. The number of hydrogen-bond acceptors (Lipinski definition) is 3. The summed E-state index contributed by atoms with van der Waals surface area (Å²) in [5.74, 6) is -4.12. The highest BCUT2D eigenvalue weighted by atomic mass is 19.4. The van der Waals surface area contributed by atoms with Crippen LogP contribution in [0.25, 0.3) is 0 Å². The van der Waals surface area contributed by atoms with Crippen molar-refractivity contribution in [3.8, 4) is 0 Å². The second-order valence-corrected chi connectivity index (χ2v) is 5.91. The number of rotatable bonds is 4. The van der Waals surface area contributed by atoms with Gasteiger partial charge in [0, 0.05) is 24.7 Å². The monoisotopic (exact) mass is 294 g/mol. The van der Waals surface area contributed by atoms with E-state index < -0.39 is 24.6 Å². The molecule has 0 aromatic rings. The summed E-state index contributed by atoms with van der Waals surface area (Å²) in [6, 6.07) is 0.814. The average Bonchev–Trinajstić information content (AvgIpc) is 2.27. The number of halogens is 3. The average molecular weight is 294 g/mol. The third-order valence-corrected chi connectivity index (χ3v) is 4.64. The van der Waals surface area contributed by atoms with Crippen LogP contribution in [0.1, 0.15) is 32.1 Å². The van der Waals surface area contributed by atoms with Crippen molar-refractivity contribution < 1.29 is 23.1 Å². The van der Waals surface area contributed by atoms with E-state index in [-0.39, 0.29) is 6.04 Å². The normalized spacial score (nSPS) is 32.9. The molecule has 2 rings (SSSR count). The van der Waals surface area contributed by atoms with Gasteiger partial charge in [-0.15, -0.1) is 0 Å². The second kappa shape index (κ2) is 5.89. The van der Waals surface area contributed by atoms with Gasteiger partial charge in [0.15, 0.2) is 5.92 Å². The predicted molar refractivity (Wildman–Crippen MR) is 67.4 cm³/mol. The summed E-state index contributed by atoms with van der Waals surface area (Å²) in [7, 11) is 2.07. The predicted octanol–water partition coefficient (Wildman–Crippen LogP) is 1.85. The van der Waals surface area contributed by atoms with Gasteiger partial charge < -0.3 is 15.3 Å². The van der Waals surface area contributed by atoms with Crippen LogP contribution in [0.4, 0.5) is 13.2 Å². The standard InChI is InChI=1S/C13H21F3N2O2/c1-18-9-3-2-4-10(18)6-8(5-9)17-7-11(12(19)20)13(14,15)16/h8-11,17H,2-7H2,1H3,(H,19,20). The lowest BCUT2D eigenvalue weighted by atomic mass is 9.82. The van der Waals surface area contributed by atoms with E-state index >= 15 is 0 Å². The Balaban J connectivity index is 1.89. The van der Waals surface area contributed by atoms with Crippen LogP contribution in [0.15, 0.2) is 0 Å². The molecule has 0 aliphatic carbocycles. The van der Waals surface area contributed by atoms with Crippen LogP contribution in [0.3, 0.4) is 0 Å². The van der Waals surface area contributed by atoms with E-state index in [1.54, 1.807) is 0 Å². The largest absolute Gasteiger partial charge is 0.481 e. The lowest BCUT2D eigenvalue weighted by molar-refractivity contribution is -0.192. The van der Waals surface area contributed by atoms with Gasteiger partial charge in [-0.1, -0.05) is 6.42 Å². The molecule has 0 radical (unpaired) electrons. The first-order valence-corrected chi connectivity index (χ1v) is 7.04. The highest BCUT2D eigenvalue weighted by Gasteiger charge is 2.45. The van der Waals surface area contributed by atoms with Gasteiger partial charge >= 0.3 is 12.1 Å². The second-order valence-electron chi connectivity index (χ2n) is 5.91. The summed E-state index contributed by atoms with van der Waals surface area (Å²) in [6.45, 7) is -0.535. The first-order valence-electron chi connectivity index (χ1n) is 7.04. The molecule has 2 bridgehead atoms. The molecule has 0 aromatic heterocycles. The topological polar surface area (TPSA) is 52.6 Å². The lowest BCUT2D eigenvalue weighted by Gasteiger charge is -2.47. The van der Waals surface area contributed by atoms with Crippen LogP contribution >= 0.6 is 0 Å². The Morgan fingerprint density at radius 1 is 1.35 bits per heavy atom. The fraction of sp³-hybridized carbons (Fsp3) is 0.923. The molecule has 2 N–H and O–H groups in total. The Kier molecular flexibility index (Phi) is 4.59. The maximum absolute atomic E-state index is 12.6. The Labute approximate surface area is 116 Å². The minimum atomic E-state index is -4.69. The van der Waals surface area contributed by atoms with Crippen molar-refractivity contribution in [3.63, 3.8) is 0 Å². The Morgan fingerprint density at radius 2 is 1.90 bits per heavy atom. The number of aliphatic carboxylic acids is 1. The summed E-state index contributed by atoms with van der Waals surface area (Å²) in [5, 5.41) is 11.5. The third kappa shape index (κ3) is 3.44. The van der Waals surface area contributed by atoms with Crippen LogP contribution in [-0.2, 0) is 4.79 Å². The van der Waals surface area contributed by atoms with Gasteiger partial charge in [-0.2, -0.15) is 13.2 Å². The zero-order valence-electron chi connectivity index (χ0n) is 11.5. The van der Waals surface area contributed by atoms with E-state index in [9.17, 15) is 18.0 Å². The third-order valence-electron chi connectivity index (χ3n) is 4.64. The van der Waals surface area contributed by atoms with E-state index in [0.717, 1.165) is 25.7 Å². The van der Waals surface area contributed by atoms with E-state index in [4.69, 9.17) is 5.11 Å². The molecule has 20 heavy (non-hydrogen) atoms. The van der Waals surface area contributed by atoms with Gasteiger partial charge in [-0.25, -0.2) is 0 Å². The summed E-state index contributed by atoms with van der Waals surface area (Å²) in [4.78, 5) is 13.0. The number of carboxylic acids is 1. The van der Waals surface area contributed by atoms with E-state index in [2.05, 4.69) is 17.3 Å². The number of nitrogens with one attached hydrogen (secondary N) is 1. The summed E-state index contributed by atoms with van der Waals surface area (Å²) < 4.78 is 37.8. The molecule has 3 atom stereocenters. The minimum Gasteiger partial charge on any atom is -0.481 e. The van der Waals surface area contributed by atoms with E-state index in [1.807, 2.05) is 0 Å². The van der Waals surface area contributed by atoms with Gasteiger partial charge in [0.25, 0.3) is 0 Å². The molecule has 0 aromatic carbocycles. The number of alkyl halides is 3. The van der Waals surface area contributed by atoms with Crippen molar-refractivity contribution in [1.29, 1.82) is 0 Å². The zero-order chi connectivity index (χ0) is 14.9. The van der Waals surface area contributed by atoms with Crippen molar-refractivity contribution in [1.82, 2.24) is 10.2 Å². The van der Waals surface area contributed by atoms with Crippen molar-refractivity contribution in [2.45, 2.75) is 56.4 Å². The Hall–Kier alpha value is -0.820. The van der Waals surface area contributed by atoms with Crippen molar-refractivity contribution in [3.05, 3.63) is 0 Å². The molecule has 2 heterocycles. The van der Waals surface area contributed by atoms with Gasteiger partial charge in [-0.05, 0) is 32.7 Å². The molecular formula is C13H21F3N2O2. The van der Waals surface area contributed by atoms with E-state index in [1.165, 1.54) is 6.42 Å². The van der Waals surface area contributed by atoms with Crippen LogP contribution < -0.4 is 5.32 Å². The number of hydrogen-bond donors (Lipinski definition) is 2. The maximum Gasteiger partial charge on any atom is 0.403 e. The van der Waals surface area contributed by atoms with Gasteiger partial charge in [-0.3, -0.25) is 4.79 Å². The molecule has 2 aliphatic rings. The molecular weight excluding hydrogens is 273 g/mol. The Morgan fingerprint density at radius 3 is 2.35 bits per heavy atom. The summed E-state index contributed by atoms with van der Waals surface area (Å²) in [6.07, 6.45) is 0.237.